The Balaban J connectivity index is 1.79. The van der Waals surface area contributed by atoms with Crippen LogP contribution in [0.15, 0.2) is 30.3 Å². The van der Waals surface area contributed by atoms with E-state index in [2.05, 4.69) is 19.2 Å². The molecule has 1 saturated heterocycles. The lowest BCUT2D eigenvalue weighted by molar-refractivity contribution is -0.126. The van der Waals surface area contributed by atoms with E-state index >= 15 is 0 Å². The Morgan fingerprint density at radius 3 is 2.44 bits per heavy atom. The molecule has 0 bridgehead atoms. The van der Waals surface area contributed by atoms with Crippen molar-refractivity contribution in [1.29, 1.82) is 0 Å². The molecular weight excluding hydrogens is 360 g/mol. The summed E-state index contributed by atoms with van der Waals surface area (Å²) < 4.78 is 26.8. The van der Waals surface area contributed by atoms with Crippen molar-refractivity contribution in [1.82, 2.24) is 9.62 Å². The maximum absolute atomic E-state index is 12.6. The van der Waals surface area contributed by atoms with Gasteiger partial charge in [0.1, 0.15) is 0 Å². The van der Waals surface area contributed by atoms with Crippen molar-refractivity contribution in [2.45, 2.75) is 58.1 Å². The number of nitrogens with zero attached hydrogens (tertiary/aromatic N) is 1. The van der Waals surface area contributed by atoms with Gasteiger partial charge in [0.15, 0.2) is 0 Å². The first kappa shape index (κ1) is 21.9. The van der Waals surface area contributed by atoms with Crippen molar-refractivity contribution in [3.63, 3.8) is 0 Å². The minimum atomic E-state index is -3.32. The summed E-state index contributed by atoms with van der Waals surface area (Å²) in [5.74, 6) is 0.586. The highest BCUT2D eigenvalue weighted by molar-refractivity contribution is 7.88. The second-order valence-corrected chi connectivity index (χ2v) is 9.55. The number of piperidine rings is 1. The van der Waals surface area contributed by atoms with E-state index in [0.717, 1.165) is 24.9 Å². The van der Waals surface area contributed by atoms with Crippen molar-refractivity contribution >= 4 is 15.9 Å². The molecule has 0 radical (unpaired) electrons. The van der Waals surface area contributed by atoms with Gasteiger partial charge in [0.25, 0.3) is 0 Å². The van der Waals surface area contributed by atoms with Gasteiger partial charge in [0, 0.05) is 25.6 Å². The normalized spacial score (nSPS) is 17.6. The predicted octanol–water partition coefficient (Wildman–Crippen LogP) is 3.56. The van der Waals surface area contributed by atoms with Crippen LogP contribution >= 0.6 is 0 Å². The largest absolute Gasteiger partial charge is 0.356 e. The molecule has 0 spiro atoms. The average Bonchev–Trinajstić information content (AvgIpc) is 2.68. The van der Waals surface area contributed by atoms with Crippen molar-refractivity contribution in [2.75, 3.05) is 19.6 Å². The van der Waals surface area contributed by atoms with Gasteiger partial charge >= 0.3 is 0 Å². The summed E-state index contributed by atoms with van der Waals surface area (Å²) in [7, 11) is -3.32. The zero-order chi connectivity index (χ0) is 19.7. The van der Waals surface area contributed by atoms with Crippen molar-refractivity contribution in [3.8, 4) is 0 Å². The quantitative estimate of drug-likeness (QED) is 0.660. The van der Waals surface area contributed by atoms with Gasteiger partial charge in [0.2, 0.25) is 15.9 Å². The van der Waals surface area contributed by atoms with Crippen molar-refractivity contribution in [2.24, 2.45) is 11.8 Å². The van der Waals surface area contributed by atoms with E-state index in [4.69, 9.17) is 0 Å². The summed E-state index contributed by atoms with van der Waals surface area (Å²) in [6.45, 7) is 5.95. The molecule has 1 atom stereocenters. The topological polar surface area (TPSA) is 66.5 Å². The van der Waals surface area contributed by atoms with Crippen LogP contribution in [-0.2, 0) is 20.6 Å². The van der Waals surface area contributed by atoms with Crippen molar-refractivity contribution in [3.05, 3.63) is 35.9 Å². The van der Waals surface area contributed by atoms with Gasteiger partial charge in [0.05, 0.1) is 5.75 Å². The number of carbonyl (C=O) groups excluding carboxylic acids is 1. The lowest BCUT2D eigenvalue weighted by atomic mass is 9.95. The van der Waals surface area contributed by atoms with Crippen LogP contribution in [0.2, 0.25) is 0 Å². The summed E-state index contributed by atoms with van der Waals surface area (Å²) in [5.41, 5.74) is 0.801. The van der Waals surface area contributed by atoms with Gasteiger partial charge in [-0.1, -0.05) is 63.4 Å². The third-order valence-corrected chi connectivity index (χ3v) is 7.37. The Bertz CT molecular complexity index is 668. The maximum atomic E-state index is 12.6. The molecule has 1 heterocycles. The molecule has 1 N–H and O–H groups in total. The van der Waals surface area contributed by atoms with Gasteiger partial charge in [-0.3, -0.25) is 4.79 Å². The van der Waals surface area contributed by atoms with Crippen LogP contribution in [0.3, 0.4) is 0 Å². The smallest absolute Gasteiger partial charge is 0.223 e. The number of carbonyl (C=O) groups is 1. The highest BCUT2D eigenvalue weighted by Gasteiger charge is 2.31. The number of nitrogens with one attached hydrogen (secondary N) is 1. The Kier molecular flexibility index (Phi) is 8.77. The molecule has 1 aliphatic rings. The zero-order valence-corrected chi connectivity index (χ0v) is 17.5. The SMILES string of the molecule is CCCCC(CC)CNC(=O)C1CCN(S(=O)(=O)Cc2ccccc2)CC1. The molecule has 1 amide bonds. The zero-order valence-electron chi connectivity index (χ0n) is 16.7. The fourth-order valence-corrected chi connectivity index (χ4v) is 5.17. The maximum Gasteiger partial charge on any atom is 0.223 e. The van der Waals surface area contributed by atoms with E-state index in [1.165, 1.54) is 12.8 Å². The summed E-state index contributed by atoms with van der Waals surface area (Å²) in [6.07, 6.45) is 5.82. The number of sulfonamides is 1. The molecular formula is C21H34N2O3S. The first-order chi connectivity index (χ1) is 13.0. The van der Waals surface area contributed by atoms with E-state index in [0.29, 0.717) is 31.8 Å². The molecule has 0 saturated carbocycles. The van der Waals surface area contributed by atoms with Gasteiger partial charge in [-0.15, -0.1) is 0 Å². The number of unbranched alkanes of at least 4 members (excludes halogenated alkanes) is 1. The minimum absolute atomic E-state index is 0.0281. The average molecular weight is 395 g/mol. The Morgan fingerprint density at radius 1 is 1.19 bits per heavy atom. The van der Waals surface area contributed by atoms with Crippen LogP contribution in [0.1, 0.15) is 57.9 Å². The fraction of sp³-hybridized carbons (Fsp3) is 0.667. The third-order valence-electron chi connectivity index (χ3n) is 5.52. The number of hydrogen-bond donors (Lipinski definition) is 1. The van der Waals surface area contributed by atoms with Crippen LogP contribution in [0.25, 0.3) is 0 Å². The van der Waals surface area contributed by atoms with Gasteiger partial charge in [-0.05, 0) is 30.7 Å². The number of amides is 1. The summed E-state index contributed by atoms with van der Waals surface area (Å²) >= 11 is 0. The molecule has 5 nitrogen and oxygen atoms in total. The Labute approximate surface area is 164 Å². The first-order valence-corrected chi connectivity index (χ1v) is 11.9. The first-order valence-electron chi connectivity index (χ1n) is 10.3. The standard InChI is InChI=1S/C21H34N2O3S/c1-3-5-9-18(4-2)16-22-21(24)20-12-14-23(15-13-20)27(25,26)17-19-10-7-6-8-11-19/h6-8,10-11,18,20H,3-5,9,12-17H2,1-2H3,(H,22,24). The third kappa shape index (κ3) is 6.92. The van der Waals surface area contributed by atoms with Gasteiger partial charge in [-0.2, -0.15) is 0 Å². The molecule has 152 valence electrons. The van der Waals surface area contributed by atoms with Crippen LogP contribution in [0.5, 0.6) is 0 Å². The van der Waals surface area contributed by atoms with E-state index < -0.39 is 10.0 Å². The summed E-state index contributed by atoms with van der Waals surface area (Å²) in [4.78, 5) is 12.5. The molecule has 1 aliphatic heterocycles. The molecule has 2 rings (SSSR count). The van der Waals surface area contributed by atoms with E-state index in [9.17, 15) is 13.2 Å². The molecule has 1 fully saturated rings. The summed E-state index contributed by atoms with van der Waals surface area (Å²) in [5, 5.41) is 3.10. The highest BCUT2D eigenvalue weighted by Crippen LogP contribution is 2.22. The van der Waals surface area contributed by atoms with Crippen LogP contribution in [-0.4, -0.2) is 38.3 Å². The molecule has 0 aromatic heterocycles. The molecule has 6 heteroatoms. The fourth-order valence-electron chi connectivity index (χ4n) is 3.60. The lowest BCUT2D eigenvalue weighted by Crippen LogP contribution is -2.44. The van der Waals surface area contributed by atoms with Crippen molar-refractivity contribution < 1.29 is 13.2 Å². The van der Waals surface area contributed by atoms with Gasteiger partial charge < -0.3 is 5.32 Å². The predicted molar refractivity (Wildman–Crippen MR) is 110 cm³/mol. The number of hydrogen-bond acceptors (Lipinski definition) is 3. The molecule has 1 aromatic rings. The highest BCUT2D eigenvalue weighted by atomic mass is 32.2. The number of benzene rings is 1. The lowest BCUT2D eigenvalue weighted by Gasteiger charge is -2.31. The monoisotopic (exact) mass is 394 g/mol. The Hall–Kier alpha value is -1.40. The van der Waals surface area contributed by atoms with E-state index in [1.807, 2.05) is 30.3 Å². The molecule has 27 heavy (non-hydrogen) atoms. The number of rotatable bonds is 10. The Morgan fingerprint density at radius 2 is 1.85 bits per heavy atom. The minimum Gasteiger partial charge on any atom is -0.356 e. The van der Waals surface area contributed by atoms with Gasteiger partial charge in [-0.25, -0.2) is 12.7 Å². The second-order valence-electron chi connectivity index (χ2n) is 7.58. The molecule has 1 aromatic carbocycles. The van der Waals surface area contributed by atoms with E-state index in [1.54, 1.807) is 4.31 Å². The van der Waals surface area contributed by atoms with E-state index in [-0.39, 0.29) is 17.6 Å². The molecule has 1 unspecified atom stereocenters. The van der Waals surface area contributed by atoms with Crippen LogP contribution in [0, 0.1) is 11.8 Å². The van der Waals surface area contributed by atoms with Crippen LogP contribution < -0.4 is 5.32 Å². The summed E-state index contributed by atoms with van der Waals surface area (Å²) in [6, 6.07) is 9.25. The molecule has 0 aliphatic carbocycles. The second kappa shape index (κ2) is 10.8. The van der Waals surface area contributed by atoms with Crippen LogP contribution in [0.4, 0.5) is 0 Å².